The molecule has 1 saturated carbocycles. The van der Waals surface area contributed by atoms with Crippen LogP contribution in [-0.2, 0) is 9.59 Å². The van der Waals surface area contributed by atoms with Gasteiger partial charge < -0.3 is 19.7 Å². The van der Waals surface area contributed by atoms with Crippen LogP contribution in [0.3, 0.4) is 0 Å². The molecule has 0 unspecified atom stereocenters. The zero-order valence-corrected chi connectivity index (χ0v) is 15.5. The highest BCUT2D eigenvalue weighted by atomic mass is 16.6. The quantitative estimate of drug-likeness (QED) is 0.846. The summed E-state index contributed by atoms with van der Waals surface area (Å²) in [6.45, 7) is 3.57. The Labute approximate surface area is 154 Å². The van der Waals surface area contributed by atoms with Crippen molar-refractivity contribution in [1.82, 2.24) is 4.90 Å². The maximum absolute atomic E-state index is 12.5. The maximum Gasteiger partial charge on any atom is 0.243 e. The molecule has 1 aliphatic heterocycles. The highest BCUT2D eigenvalue weighted by Crippen LogP contribution is 2.32. The number of nitrogens with zero attached hydrogens (tertiary/aromatic N) is 1. The molecule has 1 N–H and O–H groups in total. The van der Waals surface area contributed by atoms with Gasteiger partial charge in [0.25, 0.3) is 0 Å². The highest BCUT2D eigenvalue weighted by molar-refractivity contribution is 5.94. The number of nitrogens with one attached hydrogen (secondary N) is 1. The molecule has 6 heteroatoms. The zero-order valence-electron chi connectivity index (χ0n) is 15.5. The van der Waals surface area contributed by atoms with Gasteiger partial charge in [-0.2, -0.15) is 0 Å². The molecule has 2 amide bonds. The van der Waals surface area contributed by atoms with Gasteiger partial charge >= 0.3 is 0 Å². The first-order valence-electron chi connectivity index (χ1n) is 9.63. The molecule has 1 aliphatic carbocycles. The van der Waals surface area contributed by atoms with E-state index in [1.54, 1.807) is 23.1 Å². The Morgan fingerprint density at radius 2 is 1.85 bits per heavy atom. The number of anilines is 1. The Morgan fingerprint density at radius 1 is 1.12 bits per heavy atom. The summed E-state index contributed by atoms with van der Waals surface area (Å²) < 4.78 is 11.0. The summed E-state index contributed by atoms with van der Waals surface area (Å²) in [6.07, 6.45) is 6.54. The molecule has 0 saturated heterocycles. The van der Waals surface area contributed by atoms with Gasteiger partial charge in [-0.1, -0.05) is 19.3 Å². The zero-order chi connectivity index (χ0) is 18.4. The highest BCUT2D eigenvalue weighted by Gasteiger charge is 2.22. The third-order valence-electron chi connectivity index (χ3n) is 5.08. The van der Waals surface area contributed by atoms with Gasteiger partial charge in [-0.15, -0.1) is 0 Å². The smallest absolute Gasteiger partial charge is 0.243 e. The van der Waals surface area contributed by atoms with Gasteiger partial charge in [0.15, 0.2) is 11.5 Å². The Kier molecular flexibility index (Phi) is 6.36. The molecular formula is C20H28N2O4. The molecule has 142 valence electrons. The summed E-state index contributed by atoms with van der Waals surface area (Å²) in [5, 5.41) is 2.85. The van der Waals surface area contributed by atoms with Crippen LogP contribution in [0, 0.1) is 5.92 Å². The van der Waals surface area contributed by atoms with Crippen LogP contribution in [0.2, 0.25) is 0 Å². The third kappa shape index (κ3) is 4.90. The second kappa shape index (κ2) is 8.92. The fourth-order valence-corrected chi connectivity index (χ4v) is 3.64. The van der Waals surface area contributed by atoms with E-state index in [0.717, 1.165) is 12.8 Å². The first kappa shape index (κ1) is 18.5. The first-order valence-corrected chi connectivity index (χ1v) is 9.63. The van der Waals surface area contributed by atoms with E-state index in [-0.39, 0.29) is 18.4 Å². The molecule has 2 aliphatic rings. The van der Waals surface area contributed by atoms with Gasteiger partial charge in [-0.05, 0) is 37.8 Å². The number of carbonyl (C=O) groups is 2. The lowest BCUT2D eigenvalue weighted by molar-refractivity contribution is -0.135. The van der Waals surface area contributed by atoms with Gasteiger partial charge in [-0.25, -0.2) is 0 Å². The lowest BCUT2D eigenvalue weighted by Gasteiger charge is -2.26. The van der Waals surface area contributed by atoms with Gasteiger partial charge in [-0.3, -0.25) is 9.59 Å². The number of hydrogen-bond donors (Lipinski definition) is 1. The van der Waals surface area contributed by atoms with Crippen molar-refractivity contribution >= 4 is 17.5 Å². The minimum absolute atomic E-state index is 0.0799. The molecular weight excluding hydrogens is 332 g/mol. The van der Waals surface area contributed by atoms with Gasteiger partial charge in [0, 0.05) is 24.7 Å². The standard InChI is InChI=1S/C20H28N2O4/c1-2-22(20(24)12-15-6-4-3-5-7-15)14-19(23)21-16-8-9-17-18(13-16)26-11-10-25-17/h8-9,13,15H,2-7,10-12,14H2,1H3,(H,21,23). The lowest BCUT2D eigenvalue weighted by Crippen LogP contribution is -2.38. The average Bonchev–Trinajstić information content (AvgIpc) is 2.66. The first-order chi connectivity index (χ1) is 12.7. The fourth-order valence-electron chi connectivity index (χ4n) is 3.64. The van der Waals surface area contributed by atoms with Crippen molar-refractivity contribution in [2.75, 3.05) is 31.6 Å². The van der Waals surface area contributed by atoms with E-state index < -0.39 is 0 Å². The predicted molar refractivity (Wildman–Crippen MR) is 99.5 cm³/mol. The number of rotatable bonds is 6. The summed E-state index contributed by atoms with van der Waals surface area (Å²) in [4.78, 5) is 26.5. The van der Waals surface area contributed by atoms with Gasteiger partial charge in [0.1, 0.15) is 13.2 Å². The summed E-state index contributed by atoms with van der Waals surface area (Å²) in [7, 11) is 0. The molecule has 0 radical (unpaired) electrons. The van der Waals surface area contributed by atoms with Crippen LogP contribution < -0.4 is 14.8 Å². The summed E-state index contributed by atoms with van der Waals surface area (Å²) in [6, 6.07) is 5.33. The van der Waals surface area contributed by atoms with Gasteiger partial charge in [0.05, 0.1) is 6.54 Å². The summed E-state index contributed by atoms with van der Waals surface area (Å²) in [5.74, 6) is 1.69. The molecule has 6 nitrogen and oxygen atoms in total. The van der Waals surface area contributed by atoms with Crippen molar-refractivity contribution in [3.63, 3.8) is 0 Å². The molecule has 26 heavy (non-hydrogen) atoms. The number of benzene rings is 1. The molecule has 0 aromatic heterocycles. The van der Waals surface area contributed by atoms with E-state index in [9.17, 15) is 9.59 Å². The van der Waals surface area contributed by atoms with Crippen molar-refractivity contribution in [3.8, 4) is 11.5 Å². The molecule has 0 atom stereocenters. The van der Waals surface area contributed by atoms with Crippen molar-refractivity contribution in [2.24, 2.45) is 5.92 Å². The number of likely N-dealkylation sites (N-methyl/N-ethyl adjacent to an activating group) is 1. The Morgan fingerprint density at radius 3 is 2.58 bits per heavy atom. The SMILES string of the molecule is CCN(CC(=O)Nc1ccc2c(c1)OCCO2)C(=O)CC1CCCCC1. The van der Waals surface area contributed by atoms with Crippen molar-refractivity contribution < 1.29 is 19.1 Å². The maximum atomic E-state index is 12.5. The normalized spacial score (nSPS) is 16.8. The largest absolute Gasteiger partial charge is 0.486 e. The molecule has 0 bridgehead atoms. The molecule has 1 aromatic carbocycles. The van der Waals surface area contributed by atoms with Crippen LogP contribution in [0.5, 0.6) is 11.5 Å². The number of amides is 2. The minimum Gasteiger partial charge on any atom is -0.486 e. The van der Waals surface area contributed by atoms with E-state index in [2.05, 4.69) is 5.32 Å². The Hall–Kier alpha value is -2.24. The van der Waals surface area contributed by atoms with E-state index in [1.807, 2.05) is 6.92 Å². The van der Waals surface area contributed by atoms with Crippen molar-refractivity contribution in [3.05, 3.63) is 18.2 Å². The number of carbonyl (C=O) groups excluding carboxylic acids is 2. The van der Waals surface area contributed by atoms with Crippen LogP contribution in [0.15, 0.2) is 18.2 Å². The number of hydrogen-bond acceptors (Lipinski definition) is 4. The summed E-state index contributed by atoms with van der Waals surface area (Å²) >= 11 is 0. The fraction of sp³-hybridized carbons (Fsp3) is 0.600. The number of fused-ring (bicyclic) bond motifs is 1. The van der Waals surface area contributed by atoms with Crippen LogP contribution in [0.25, 0.3) is 0 Å². The van der Waals surface area contributed by atoms with Crippen LogP contribution in [-0.4, -0.2) is 43.0 Å². The van der Waals surface area contributed by atoms with E-state index >= 15 is 0 Å². The molecule has 1 aromatic rings. The van der Waals surface area contributed by atoms with Crippen LogP contribution >= 0.6 is 0 Å². The van der Waals surface area contributed by atoms with Gasteiger partial charge in [0.2, 0.25) is 11.8 Å². The predicted octanol–water partition coefficient (Wildman–Crippen LogP) is 3.22. The Bertz CT molecular complexity index is 641. The minimum atomic E-state index is -0.194. The van der Waals surface area contributed by atoms with Crippen LogP contribution in [0.4, 0.5) is 5.69 Å². The second-order valence-electron chi connectivity index (χ2n) is 7.02. The van der Waals surface area contributed by atoms with Crippen molar-refractivity contribution in [1.29, 1.82) is 0 Å². The van der Waals surface area contributed by atoms with E-state index in [0.29, 0.717) is 49.3 Å². The second-order valence-corrected chi connectivity index (χ2v) is 7.02. The lowest BCUT2D eigenvalue weighted by atomic mass is 9.86. The molecule has 0 spiro atoms. The monoisotopic (exact) mass is 360 g/mol. The van der Waals surface area contributed by atoms with Crippen LogP contribution in [0.1, 0.15) is 45.4 Å². The summed E-state index contributed by atoms with van der Waals surface area (Å²) in [5.41, 5.74) is 0.648. The Balaban J connectivity index is 1.52. The molecule has 1 heterocycles. The van der Waals surface area contributed by atoms with E-state index in [4.69, 9.17) is 9.47 Å². The topological polar surface area (TPSA) is 67.9 Å². The molecule has 3 rings (SSSR count). The number of ether oxygens (including phenoxy) is 2. The molecule has 1 fully saturated rings. The van der Waals surface area contributed by atoms with E-state index in [1.165, 1.54) is 19.3 Å². The van der Waals surface area contributed by atoms with Crippen molar-refractivity contribution in [2.45, 2.75) is 45.4 Å². The average molecular weight is 360 g/mol. The third-order valence-corrected chi connectivity index (χ3v) is 5.08.